The number of nitrogens with zero attached hydrogens (tertiary/aromatic N) is 3. The summed E-state index contributed by atoms with van der Waals surface area (Å²) in [5.41, 5.74) is 12.8. The molecular formula is C66H69Br3N6O9. The summed E-state index contributed by atoms with van der Waals surface area (Å²) in [6.07, 6.45) is 6.75. The van der Waals surface area contributed by atoms with Crippen molar-refractivity contribution in [3.05, 3.63) is 189 Å². The van der Waals surface area contributed by atoms with Crippen LogP contribution in [0.5, 0.6) is 0 Å². The van der Waals surface area contributed by atoms with Crippen LogP contribution in [-0.4, -0.2) is 87.0 Å². The number of Topliss-reactive ketones (excluding diaryl/α,β-unsaturated/α-hetero) is 6. The second-order valence-electron chi connectivity index (χ2n) is 22.3. The van der Waals surface area contributed by atoms with Gasteiger partial charge in [-0.05, 0) is 216 Å². The molecule has 3 amide bonds. The van der Waals surface area contributed by atoms with E-state index in [9.17, 15) is 43.2 Å². The maximum absolute atomic E-state index is 12.9. The largest absolute Gasteiger partial charge is 0.351 e. The Kier molecular flexibility index (Phi) is 22.1. The van der Waals surface area contributed by atoms with Crippen LogP contribution >= 0.6 is 47.8 Å². The summed E-state index contributed by atoms with van der Waals surface area (Å²) in [4.78, 5) is 125. The van der Waals surface area contributed by atoms with Crippen LogP contribution in [-0.2, 0) is 28.8 Å². The van der Waals surface area contributed by atoms with E-state index in [0.29, 0.717) is 56.0 Å². The molecule has 0 spiro atoms. The van der Waals surface area contributed by atoms with Gasteiger partial charge in [-0.3, -0.25) is 43.2 Å². The molecule has 4 unspecified atom stereocenters. The first-order valence-corrected chi connectivity index (χ1v) is 30.3. The molecule has 15 nitrogen and oxygen atoms in total. The lowest BCUT2D eigenvalue weighted by atomic mass is 9.86. The predicted octanol–water partition coefficient (Wildman–Crippen LogP) is 11.5. The van der Waals surface area contributed by atoms with Gasteiger partial charge in [-0.2, -0.15) is 0 Å². The Bertz CT molecular complexity index is 3110. The highest BCUT2D eigenvalue weighted by Crippen LogP contribution is 2.40. The number of hydrogen-bond acceptors (Lipinski definition) is 12. The molecule has 3 aliphatic carbocycles. The van der Waals surface area contributed by atoms with E-state index < -0.39 is 17.8 Å². The van der Waals surface area contributed by atoms with Gasteiger partial charge in [-0.15, -0.1) is 0 Å². The third-order valence-corrected chi connectivity index (χ3v) is 17.1. The molecule has 3 heterocycles. The molecule has 6 aromatic rings. The van der Waals surface area contributed by atoms with Gasteiger partial charge in [0.15, 0.2) is 17.3 Å². The zero-order chi connectivity index (χ0) is 61.3. The van der Waals surface area contributed by atoms with Crippen LogP contribution in [0.1, 0.15) is 155 Å². The van der Waals surface area contributed by atoms with Crippen LogP contribution in [0.15, 0.2) is 105 Å². The maximum atomic E-state index is 12.9. The van der Waals surface area contributed by atoms with Crippen molar-refractivity contribution < 1.29 is 43.2 Å². The van der Waals surface area contributed by atoms with Gasteiger partial charge in [0.25, 0.3) is 17.7 Å². The summed E-state index contributed by atoms with van der Waals surface area (Å²) in [7, 11) is 0. The molecule has 3 aromatic carbocycles. The normalized spacial score (nSPS) is 19.1. The van der Waals surface area contributed by atoms with Gasteiger partial charge in [0.1, 0.15) is 52.2 Å². The number of hydrogen-bond donors (Lipinski definition) is 3. The molecule has 3 fully saturated rings. The zero-order valence-electron chi connectivity index (χ0n) is 48.6. The molecular weight excluding hydrogens is 1260 g/mol. The van der Waals surface area contributed by atoms with E-state index in [2.05, 4.69) is 78.7 Å². The van der Waals surface area contributed by atoms with E-state index in [-0.39, 0.29) is 89.4 Å². The average molecular weight is 1330 g/mol. The molecule has 0 radical (unpaired) electrons. The van der Waals surface area contributed by atoms with Gasteiger partial charge in [-0.25, -0.2) is 15.0 Å². The number of ketones is 6. The number of benzene rings is 3. The Labute approximate surface area is 515 Å². The van der Waals surface area contributed by atoms with Crippen LogP contribution in [0.3, 0.4) is 0 Å². The molecule has 6 atom stereocenters. The Morgan fingerprint density at radius 1 is 0.393 bits per heavy atom. The van der Waals surface area contributed by atoms with Crippen LogP contribution in [0.4, 0.5) is 0 Å². The van der Waals surface area contributed by atoms with Gasteiger partial charge in [0, 0.05) is 88.7 Å². The fourth-order valence-corrected chi connectivity index (χ4v) is 12.7. The number of nitrogens with one attached hydrogen (secondary N) is 3. The highest BCUT2D eigenvalue weighted by Gasteiger charge is 2.45. The molecule has 9 rings (SSSR count). The van der Waals surface area contributed by atoms with Crippen LogP contribution in [0, 0.1) is 80.1 Å². The summed E-state index contributed by atoms with van der Waals surface area (Å²) >= 11 is 9.84. The minimum atomic E-state index is -0.672. The SMILES string of the molecule is Cc1cc(C)c(C2C(=O)CC(CCNC(=O)c3ccc(Br)cn3)C2=O)c(C)c1.Cc1cc(C)c(C2C(=O)C[C@@H](CCNC(=O)c3ccc(Br)cn3)C2=O)c(C)c1.Cc1cc(C)c(C2C(=O)C[C@H](CCNC(=O)c3ccc(Br)cn3)C2=O)c(C)c1. The second-order valence-corrected chi connectivity index (χ2v) is 25.0. The third-order valence-electron chi connectivity index (χ3n) is 15.7. The Morgan fingerprint density at radius 2 is 0.619 bits per heavy atom. The van der Waals surface area contributed by atoms with Gasteiger partial charge >= 0.3 is 0 Å². The monoisotopic (exact) mass is 1330 g/mol. The Morgan fingerprint density at radius 3 is 0.821 bits per heavy atom. The van der Waals surface area contributed by atoms with E-state index >= 15 is 0 Å². The number of carbonyl (C=O) groups excluding carboxylic acids is 9. The minimum absolute atomic E-state index is 0.0223. The molecule has 438 valence electrons. The van der Waals surface area contributed by atoms with Crippen molar-refractivity contribution in [3.8, 4) is 0 Å². The molecule has 3 aromatic heterocycles. The number of amides is 3. The summed E-state index contributed by atoms with van der Waals surface area (Å²) in [5, 5.41) is 8.36. The molecule has 3 N–H and O–H groups in total. The van der Waals surface area contributed by atoms with E-state index in [1.807, 2.05) is 98.7 Å². The average Bonchev–Trinajstić information content (AvgIpc) is 2.69. The zero-order valence-corrected chi connectivity index (χ0v) is 53.4. The van der Waals surface area contributed by atoms with E-state index in [1.165, 1.54) is 0 Å². The number of carbonyl (C=O) groups is 9. The standard InChI is InChI=1S/3C22H23BrN2O3/c3*1-12-8-13(2)19(14(3)9-12)20-18(26)10-15(21(20)27)6-7-24-22(28)17-5-4-16(23)11-25-17/h3*4-5,8-9,11,15,20H,6-7,10H2,1-3H3,(H,24,28)/t2*15-,20?;/m10./s1. The second kappa shape index (κ2) is 28.7. The lowest BCUT2D eigenvalue weighted by Crippen LogP contribution is -2.28. The summed E-state index contributed by atoms with van der Waals surface area (Å²) in [6.45, 7) is 18.7. The number of rotatable bonds is 15. The van der Waals surface area contributed by atoms with E-state index in [0.717, 1.165) is 80.2 Å². The van der Waals surface area contributed by atoms with Gasteiger partial charge < -0.3 is 16.0 Å². The summed E-state index contributed by atoms with van der Waals surface area (Å²) in [6, 6.07) is 22.2. The van der Waals surface area contributed by atoms with Gasteiger partial charge in [0.05, 0.1) is 0 Å². The first-order valence-electron chi connectivity index (χ1n) is 27.9. The third kappa shape index (κ3) is 15.8. The molecule has 3 aliphatic rings. The summed E-state index contributed by atoms with van der Waals surface area (Å²) < 4.78 is 2.39. The molecule has 0 bridgehead atoms. The van der Waals surface area contributed by atoms with Crippen molar-refractivity contribution in [2.24, 2.45) is 17.8 Å². The quantitative estimate of drug-likeness (QED) is 0.0816. The lowest BCUT2D eigenvalue weighted by molar-refractivity contribution is -0.126. The molecule has 0 aliphatic heterocycles. The van der Waals surface area contributed by atoms with Crippen molar-refractivity contribution in [2.75, 3.05) is 19.6 Å². The van der Waals surface area contributed by atoms with Crippen molar-refractivity contribution >= 4 is 100 Å². The lowest BCUT2D eigenvalue weighted by Gasteiger charge is -2.16. The van der Waals surface area contributed by atoms with Crippen molar-refractivity contribution in [1.82, 2.24) is 30.9 Å². The highest BCUT2D eigenvalue weighted by atomic mass is 79.9. The first-order chi connectivity index (χ1) is 39.8. The first kappa shape index (κ1) is 64.5. The molecule has 0 saturated heterocycles. The van der Waals surface area contributed by atoms with Crippen molar-refractivity contribution in [1.29, 1.82) is 0 Å². The summed E-state index contributed by atoms with van der Waals surface area (Å²) in [5.74, 6) is -4.09. The molecule has 18 heteroatoms. The van der Waals surface area contributed by atoms with Crippen molar-refractivity contribution in [2.45, 2.75) is 119 Å². The Hall–Kier alpha value is -7.02. The Balaban J connectivity index is 0.000000181. The molecule has 3 saturated carbocycles. The smallest absolute Gasteiger partial charge is 0.269 e. The van der Waals surface area contributed by atoms with Crippen LogP contribution < -0.4 is 16.0 Å². The van der Waals surface area contributed by atoms with Crippen molar-refractivity contribution in [3.63, 3.8) is 0 Å². The van der Waals surface area contributed by atoms with E-state index in [1.54, 1.807) is 55.0 Å². The fraction of sp³-hybridized carbons (Fsp3) is 0.364. The topological polar surface area (TPSA) is 228 Å². The number of aromatic nitrogens is 3. The number of aryl methyl sites for hydroxylation is 9. The maximum Gasteiger partial charge on any atom is 0.269 e. The predicted molar refractivity (Wildman–Crippen MR) is 331 cm³/mol. The van der Waals surface area contributed by atoms with Crippen LogP contribution in [0.25, 0.3) is 0 Å². The molecule has 84 heavy (non-hydrogen) atoms. The minimum Gasteiger partial charge on any atom is -0.351 e. The van der Waals surface area contributed by atoms with Gasteiger partial charge in [-0.1, -0.05) is 53.1 Å². The van der Waals surface area contributed by atoms with Gasteiger partial charge in [0.2, 0.25) is 0 Å². The number of pyridine rings is 3. The van der Waals surface area contributed by atoms with Crippen LogP contribution in [0.2, 0.25) is 0 Å². The fourth-order valence-electron chi connectivity index (χ4n) is 12.0. The van der Waals surface area contributed by atoms with E-state index in [4.69, 9.17) is 0 Å². The highest BCUT2D eigenvalue weighted by molar-refractivity contribution is 9.11. The number of halogens is 3.